The molecular weight excluding hydrogens is 172 g/mol. The highest BCUT2D eigenvalue weighted by atomic mass is 35.7. The summed E-state index contributed by atoms with van der Waals surface area (Å²) in [5, 5.41) is 2.61. The molecular formula is C5H13ClNO2P. The lowest BCUT2D eigenvalue weighted by atomic mass is 10.2. The van der Waals surface area contributed by atoms with Crippen LogP contribution in [0, 0.1) is 5.92 Å². The Balaban J connectivity index is 3.58. The van der Waals surface area contributed by atoms with E-state index in [1.165, 1.54) is 7.11 Å². The maximum atomic E-state index is 10.9. The van der Waals surface area contributed by atoms with Gasteiger partial charge in [0.1, 0.15) is 0 Å². The van der Waals surface area contributed by atoms with E-state index in [9.17, 15) is 4.57 Å². The molecule has 0 aromatic rings. The van der Waals surface area contributed by atoms with Crippen molar-refractivity contribution in [1.82, 2.24) is 5.09 Å². The van der Waals surface area contributed by atoms with Crippen LogP contribution < -0.4 is 5.09 Å². The minimum absolute atomic E-state index is 0.419. The van der Waals surface area contributed by atoms with Crippen LogP contribution >= 0.6 is 18.1 Å². The molecule has 0 heterocycles. The molecule has 0 saturated heterocycles. The Labute approximate surface area is 66.4 Å². The van der Waals surface area contributed by atoms with Crippen molar-refractivity contribution in [2.75, 3.05) is 13.7 Å². The highest BCUT2D eigenvalue weighted by Crippen LogP contribution is 2.46. The Bertz CT molecular complexity index is 140. The molecule has 0 fully saturated rings. The second-order valence-electron chi connectivity index (χ2n) is 2.42. The maximum Gasteiger partial charge on any atom is 0.360 e. The van der Waals surface area contributed by atoms with Crippen molar-refractivity contribution in [2.45, 2.75) is 13.8 Å². The fourth-order valence-corrected chi connectivity index (χ4v) is 1.28. The van der Waals surface area contributed by atoms with Gasteiger partial charge in [-0.05, 0) is 17.2 Å². The standard InChI is InChI=1S/C5H13ClNO2P/c1-5(2)4-7-10(6,8)9-3/h5H,4H2,1-3H3,(H,7,8). The van der Waals surface area contributed by atoms with Gasteiger partial charge in [-0.1, -0.05) is 13.8 Å². The summed E-state index contributed by atoms with van der Waals surface area (Å²) in [4.78, 5) is 0. The number of hydrogen-bond donors (Lipinski definition) is 1. The molecule has 62 valence electrons. The van der Waals surface area contributed by atoms with Gasteiger partial charge in [0, 0.05) is 13.7 Å². The quantitative estimate of drug-likeness (QED) is 0.683. The Morgan fingerprint density at radius 1 is 1.70 bits per heavy atom. The van der Waals surface area contributed by atoms with Crippen molar-refractivity contribution in [1.29, 1.82) is 0 Å². The lowest BCUT2D eigenvalue weighted by Gasteiger charge is -2.10. The predicted octanol–water partition coefficient (Wildman–Crippen LogP) is 2.23. The summed E-state index contributed by atoms with van der Waals surface area (Å²) in [5.74, 6) is 0.419. The van der Waals surface area contributed by atoms with Gasteiger partial charge in [-0.3, -0.25) is 4.57 Å². The Morgan fingerprint density at radius 2 is 2.20 bits per heavy atom. The maximum absolute atomic E-state index is 10.9. The van der Waals surface area contributed by atoms with Gasteiger partial charge < -0.3 is 4.52 Å². The van der Waals surface area contributed by atoms with Crippen LogP contribution in [0.4, 0.5) is 0 Å². The number of hydrogen-bond acceptors (Lipinski definition) is 2. The summed E-state index contributed by atoms with van der Waals surface area (Å²) in [6.07, 6.45) is 0. The SMILES string of the molecule is COP(=O)(Cl)NCC(C)C. The number of rotatable bonds is 4. The van der Waals surface area contributed by atoms with E-state index in [4.69, 9.17) is 11.2 Å². The third-order valence-corrected chi connectivity index (χ3v) is 2.73. The largest absolute Gasteiger partial charge is 0.360 e. The molecule has 10 heavy (non-hydrogen) atoms. The predicted molar refractivity (Wildman–Crippen MR) is 43.3 cm³/mol. The van der Waals surface area contributed by atoms with Crippen LogP contribution in [0.3, 0.4) is 0 Å². The van der Waals surface area contributed by atoms with Gasteiger partial charge in [0.15, 0.2) is 0 Å². The highest BCUT2D eigenvalue weighted by molar-refractivity contribution is 7.83. The summed E-state index contributed by atoms with van der Waals surface area (Å²) in [7, 11) is 1.32. The molecule has 0 rings (SSSR count). The zero-order valence-electron chi connectivity index (χ0n) is 6.43. The van der Waals surface area contributed by atoms with E-state index in [1.54, 1.807) is 0 Å². The Hall–Kier alpha value is 0.440. The molecule has 0 radical (unpaired) electrons. The minimum atomic E-state index is -3.01. The molecule has 0 aliphatic rings. The summed E-state index contributed by atoms with van der Waals surface area (Å²) < 4.78 is 15.4. The van der Waals surface area contributed by atoms with E-state index in [0.717, 1.165) is 0 Å². The van der Waals surface area contributed by atoms with Crippen molar-refractivity contribution in [3.05, 3.63) is 0 Å². The van der Waals surface area contributed by atoms with Gasteiger partial charge in [-0.25, -0.2) is 5.09 Å². The summed E-state index contributed by atoms with van der Waals surface area (Å²) in [5.41, 5.74) is 0. The normalized spacial score (nSPS) is 17.3. The summed E-state index contributed by atoms with van der Waals surface area (Å²) in [6, 6.07) is 0. The molecule has 1 atom stereocenters. The smallest absolute Gasteiger partial charge is 0.310 e. The second kappa shape index (κ2) is 4.35. The van der Waals surface area contributed by atoms with Crippen LogP contribution in [-0.2, 0) is 9.09 Å². The molecule has 0 saturated carbocycles. The van der Waals surface area contributed by atoms with Gasteiger partial charge in [-0.2, -0.15) is 0 Å². The molecule has 1 unspecified atom stereocenters. The minimum Gasteiger partial charge on any atom is -0.310 e. The second-order valence-corrected chi connectivity index (χ2v) is 5.39. The highest BCUT2D eigenvalue weighted by Gasteiger charge is 2.15. The van der Waals surface area contributed by atoms with E-state index in [2.05, 4.69) is 9.61 Å². The third-order valence-electron chi connectivity index (χ3n) is 0.923. The topological polar surface area (TPSA) is 38.3 Å². The first kappa shape index (κ1) is 10.4. The van der Waals surface area contributed by atoms with Crippen molar-refractivity contribution >= 4 is 18.1 Å². The van der Waals surface area contributed by atoms with Crippen LogP contribution in [-0.4, -0.2) is 13.7 Å². The van der Waals surface area contributed by atoms with Crippen molar-refractivity contribution in [3.8, 4) is 0 Å². The number of halogens is 1. The van der Waals surface area contributed by atoms with Gasteiger partial charge in [0.2, 0.25) is 0 Å². The van der Waals surface area contributed by atoms with E-state index >= 15 is 0 Å². The first-order valence-corrected chi connectivity index (χ1v) is 5.61. The van der Waals surface area contributed by atoms with Crippen LogP contribution in [0.2, 0.25) is 0 Å². The molecule has 0 aliphatic heterocycles. The van der Waals surface area contributed by atoms with Gasteiger partial charge in [-0.15, -0.1) is 0 Å². The van der Waals surface area contributed by atoms with Gasteiger partial charge in [0.05, 0.1) is 0 Å². The molecule has 3 nitrogen and oxygen atoms in total. The lowest BCUT2D eigenvalue weighted by Crippen LogP contribution is -2.14. The zero-order valence-corrected chi connectivity index (χ0v) is 8.08. The molecule has 0 aromatic carbocycles. The molecule has 1 N–H and O–H groups in total. The van der Waals surface area contributed by atoms with Gasteiger partial charge >= 0.3 is 6.87 Å². The zero-order chi connectivity index (χ0) is 8.20. The molecule has 0 aliphatic carbocycles. The molecule has 0 aromatic heterocycles. The van der Waals surface area contributed by atoms with E-state index < -0.39 is 6.87 Å². The van der Waals surface area contributed by atoms with Crippen molar-refractivity contribution in [2.24, 2.45) is 5.92 Å². The van der Waals surface area contributed by atoms with E-state index in [0.29, 0.717) is 12.5 Å². The number of nitrogens with one attached hydrogen (secondary N) is 1. The first-order valence-electron chi connectivity index (χ1n) is 3.08. The molecule has 0 spiro atoms. The Morgan fingerprint density at radius 3 is 2.50 bits per heavy atom. The van der Waals surface area contributed by atoms with Crippen LogP contribution in [0.5, 0.6) is 0 Å². The van der Waals surface area contributed by atoms with Crippen molar-refractivity contribution in [3.63, 3.8) is 0 Å². The monoisotopic (exact) mass is 185 g/mol. The molecule has 0 bridgehead atoms. The average Bonchev–Trinajstić information content (AvgIpc) is 1.85. The lowest BCUT2D eigenvalue weighted by molar-refractivity contribution is 0.394. The molecule has 0 amide bonds. The average molecular weight is 186 g/mol. The fraction of sp³-hybridized carbons (Fsp3) is 1.00. The van der Waals surface area contributed by atoms with Crippen molar-refractivity contribution < 1.29 is 9.09 Å². The summed E-state index contributed by atoms with van der Waals surface area (Å²) >= 11 is 5.39. The van der Waals surface area contributed by atoms with Crippen LogP contribution in [0.1, 0.15) is 13.8 Å². The summed E-state index contributed by atoms with van der Waals surface area (Å²) in [6.45, 7) is 1.60. The van der Waals surface area contributed by atoms with Crippen LogP contribution in [0.25, 0.3) is 0 Å². The first-order chi connectivity index (χ1) is 4.48. The third kappa shape index (κ3) is 5.24. The Kier molecular flexibility index (Phi) is 4.54. The fourth-order valence-electron chi connectivity index (χ4n) is 0.356. The van der Waals surface area contributed by atoms with Crippen LogP contribution in [0.15, 0.2) is 0 Å². The van der Waals surface area contributed by atoms with Gasteiger partial charge in [0.25, 0.3) is 0 Å². The molecule has 5 heteroatoms. The van der Waals surface area contributed by atoms with E-state index in [1.807, 2.05) is 13.8 Å². The van der Waals surface area contributed by atoms with E-state index in [-0.39, 0.29) is 0 Å².